The van der Waals surface area contributed by atoms with Gasteiger partial charge < -0.3 is 5.32 Å². The number of carbonyl (C=O) groups excluding carboxylic acids is 1. The number of hydrogen-bond acceptors (Lipinski definition) is 2. The highest BCUT2D eigenvalue weighted by molar-refractivity contribution is 6.30. The van der Waals surface area contributed by atoms with Crippen LogP contribution in [-0.4, -0.2) is 30.4 Å². The number of likely N-dealkylation sites (tertiary alicyclic amines) is 1. The second kappa shape index (κ2) is 5.74. The molecule has 1 atom stereocenters. The van der Waals surface area contributed by atoms with Gasteiger partial charge in [-0.05, 0) is 56.5 Å². The minimum atomic E-state index is -0.0747. The minimum absolute atomic E-state index is 0.0747. The van der Waals surface area contributed by atoms with Gasteiger partial charge in [-0.3, -0.25) is 9.69 Å². The Balaban J connectivity index is 1.62. The van der Waals surface area contributed by atoms with Gasteiger partial charge in [-0.2, -0.15) is 0 Å². The van der Waals surface area contributed by atoms with Gasteiger partial charge in [0.25, 0.3) is 0 Å². The van der Waals surface area contributed by atoms with E-state index in [1.54, 1.807) is 0 Å². The van der Waals surface area contributed by atoms with Gasteiger partial charge in [0.1, 0.15) is 0 Å². The van der Waals surface area contributed by atoms with Crippen molar-refractivity contribution in [2.24, 2.45) is 5.41 Å². The van der Waals surface area contributed by atoms with Crippen molar-refractivity contribution in [2.75, 3.05) is 19.6 Å². The van der Waals surface area contributed by atoms with Crippen LogP contribution in [0.5, 0.6) is 0 Å². The van der Waals surface area contributed by atoms with E-state index < -0.39 is 0 Å². The predicted molar refractivity (Wildman–Crippen MR) is 80.6 cm³/mol. The van der Waals surface area contributed by atoms with Gasteiger partial charge in [-0.1, -0.05) is 23.7 Å². The summed E-state index contributed by atoms with van der Waals surface area (Å²) in [5, 5.41) is 3.79. The quantitative estimate of drug-likeness (QED) is 0.909. The Bertz CT molecular complexity index is 488. The summed E-state index contributed by atoms with van der Waals surface area (Å²) < 4.78 is 0. The van der Waals surface area contributed by atoms with Gasteiger partial charge in [0, 0.05) is 18.1 Å². The zero-order valence-electron chi connectivity index (χ0n) is 11.7. The lowest BCUT2D eigenvalue weighted by Crippen LogP contribution is -2.32. The van der Waals surface area contributed by atoms with Crippen molar-refractivity contribution in [3.63, 3.8) is 0 Å². The van der Waals surface area contributed by atoms with Gasteiger partial charge in [-0.25, -0.2) is 0 Å². The maximum atomic E-state index is 12.1. The van der Waals surface area contributed by atoms with Crippen molar-refractivity contribution < 1.29 is 4.79 Å². The Morgan fingerprint density at radius 3 is 2.65 bits per heavy atom. The van der Waals surface area contributed by atoms with Crippen molar-refractivity contribution in [1.29, 1.82) is 0 Å². The van der Waals surface area contributed by atoms with Crippen LogP contribution in [-0.2, 0) is 11.3 Å². The summed E-state index contributed by atoms with van der Waals surface area (Å²) in [6.07, 6.45) is 4.16. The Morgan fingerprint density at radius 2 is 1.95 bits per heavy atom. The molecule has 0 aromatic heterocycles. The fraction of sp³-hybridized carbons (Fsp3) is 0.562. The zero-order chi connectivity index (χ0) is 14.0. The van der Waals surface area contributed by atoms with E-state index in [0.717, 1.165) is 56.9 Å². The largest absolute Gasteiger partial charge is 0.356 e. The van der Waals surface area contributed by atoms with E-state index in [1.165, 1.54) is 5.56 Å². The molecule has 20 heavy (non-hydrogen) atoms. The van der Waals surface area contributed by atoms with Crippen molar-refractivity contribution in [3.8, 4) is 0 Å². The minimum Gasteiger partial charge on any atom is -0.356 e. The molecule has 3 rings (SSSR count). The smallest absolute Gasteiger partial charge is 0.226 e. The van der Waals surface area contributed by atoms with Gasteiger partial charge in [0.2, 0.25) is 5.91 Å². The first-order valence-electron chi connectivity index (χ1n) is 7.43. The third-order valence-corrected chi connectivity index (χ3v) is 4.98. The summed E-state index contributed by atoms with van der Waals surface area (Å²) in [5.41, 5.74) is 1.22. The maximum absolute atomic E-state index is 12.1. The molecular formula is C16H21ClN2O. The van der Waals surface area contributed by atoms with Gasteiger partial charge in [-0.15, -0.1) is 0 Å². The van der Waals surface area contributed by atoms with E-state index in [1.807, 2.05) is 12.1 Å². The van der Waals surface area contributed by atoms with E-state index in [0.29, 0.717) is 0 Å². The summed E-state index contributed by atoms with van der Waals surface area (Å²) in [6.45, 7) is 3.90. The average Bonchev–Trinajstić information content (AvgIpc) is 2.67. The molecule has 2 aliphatic rings. The van der Waals surface area contributed by atoms with E-state index >= 15 is 0 Å². The first-order chi connectivity index (χ1) is 9.68. The lowest BCUT2D eigenvalue weighted by molar-refractivity contribution is -0.128. The summed E-state index contributed by atoms with van der Waals surface area (Å²) >= 11 is 5.92. The molecule has 2 fully saturated rings. The molecule has 1 amide bonds. The van der Waals surface area contributed by atoms with Crippen molar-refractivity contribution in [1.82, 2.24) is 10.2 Å². The first-order valence-corrected chi connectivity index (χ1v) is 7.81. The molecule has 3 nitrogen and oxygen atoms in total. The monoisotopic (exact) mass is 292 g/mol. The van der Waals surface area contributed by atoms with Crippen LogP contribution in [0.2, 0.25) is 5.02 Å². The van der Waals surface area contributed by atoms with Crippen LogP contribution in [0, 0.1) is 5.41 Å². The average molecular weight is 293 g/mol. The van der Waals surface area contributed by atoms with Crippen LogP contribution < -0.4 is 5.32 Å². The Labute approximate surface area is 125 Å². The van der Waals surface area contributed by atoms with E-state index in [-0.39, 0.29) is 11.3 Å². The standard InChI is InChI=1S/C16H21ClN2O/c17-14-4-2-13(3-5-14)12-19-10-1-6-16(8-11-19)7-9-18-15(16)20/h2-5H,1,6-12H2,(H,18,20)/t16-/m1/s1. The van der Waals surface area contributed by atoms with Crippen LogP contribution in [0.3, 0.4) is 0 Å². The van der Waals surface area contributed by atoms with Gasteiger partial charge >= 0.3 is 0 Å². The number of rotatable bonds is 2. The fourth-order valence-corrected chi connectivity index (χ4v) is 3.58. The normalized spacial score (nSPS) is 27.6. The highest BCUT2D eigenvalue weighted by Gasteiger charge is 2.42. The molecule has 1 N–H and O–H groups in total. The number of halogens is 1. The van der Waals surface area contributed by atoms with Gasteiger partial charge in [0.15, 0.2) is 0 Å². The lowest BCUT2D eigenvalue weighted by Gasteiger charge is -2.24. The summed E-state index contributed by atoms with van der Waals surface area (Å²) in [5.74, 6) is 0.283. The Hall–Kier alpha value is -1.06. The van der Waals surface area contributed by atoms with E-state index in [4.69, 9.17) is 11.6 Å². The molecule has 4 heteroatoms. The molecule has 2 heterocycles. The molecule has 0 aliphatic carbocycles. The summed E-state index contributed by atoms with van der Waals surface area (Å²) in [4.78, 5) is 14.5. The number of nitrogens with zero attached hydrogens (tertiary/aromatic N) is 1. The van der Waals surface area contributed by atoms with Crippen LogP contribution in [0.1, 0.15) is 31.2 Å². The number of nitrogens with one attached hydrogen (secondary N) is 1. The van der Waals surface area contributed by atoms with Crippen LogP contribution in [0.4, 0.5) is 0 Å². The molecule has 1 aromatic rings. The fourth-order valence-electron chi connectivity index (χ4n) is 3.45. The molecule has 1 spiro atoms. The number of benzene rings is 1. The van der Waals surface area contributed by atoms with E-state index in [2.05, 4.69) is 22.3 Å². The molecule has 0 unspecified atom stereocenters. The molecule has 0 radical (unpaired) electrons. The molecule has 2 saturated heterocycles. The molecule has 108 valence electrons. The SMILES string of the molecule is O=C1NCC[C@@]12CCCN(Cc1ccc(Cl)cc1)CC2. The third-order valence-electron chi connectivity index (χ3n) is 4.73. The number of hydrogen-bond donors (Lipinski definition) is 1. The highest BCUT2D eigenvalue weighted by atomic mass is 35.5. The predicted octanol–water partition coefficient (Wildman–Crippen LogP) is 2.83. The topological polar surface area (TPSA) is 32.3 Å². The second-order valence-corrected chi connectivity index (χ2v) is 6.48. The van der Waals surface area contributed by atoms with Crippen LogP contribution in [0.25, 0.3) is 0 Å². The van der Waals surface area contributed by atoms with Gasteiger partial charge in [0.05, 0.1) is 5.41 Å². The van der Waals surface area contributed by atoms with Crippen molar-refractivity contribution in [2.45, 2.75) is 32.2 Å². The summed E-state index contributed by atoms with van der Waals surface area (Å²) in [7, 11) is 0. The summed E-state index contributed by atoms with van der Waals surface area (Å²) in [6, 6.07) is 8.07. The second-order valence-electron chi connectivity index (χ2n) is 6.04. The zero-order valence-corrected chi connectivity index (χ0v) is 12.5. The first kappa shape index (κ1) is 13.9. The Kier molecular flexibility index (Phi) is 3.99. The highest BCUT2D eigenvalue weighted by Crippen LogP contribution is 2.38. The lowest BCUT2D eigenvalue weighted by atomic mass is 9.79. The van der Waals surface area contributed by atoms with E-state index in [9.17, 15) is 4.79 Å². The molecule has 1 aromatic carbocycles. The molecule has 2 aliphatic heterocycles. The van der Waals surface area contributed by atoms with Crippen LogP contribution >= 0.6 is 11.6 Å². The maximum Gasteiger partial charge on any atom is 0.226 e. The molecular weight excluding hydrogens is 272 g/mol. The number of amides is 1. The Morgan fingerprint density at radius 1 is 1.15 bits per heavy atom. The van der Waals surface area contributed by atoms with Crippen LogP contribution in [0.15, 0.2) is 24.3 Å². The molecule has 0 saturated carbocycles. The van der Waals surface area contributed by atoms with Crippen molar-refractivity contribution >= 4 is 17.5 Å². The molecule has 0 bridgehead atoms. The number of carbonyl (C=O) groups is 1. The van der Waals surface area contributed by atoms with Crippen molar-refractivity contribution in [3.05, 3.63) is 34.9 Å². The third kappa shape index (κ3) is 2.84.